The molecule has 0 unspecified atom stereocenters. The molecule has 1 N–H and O–H groups in total. The molecule has 104 valence electrons. The van der Waals surface area contributed by atoms with Crippen LogP contribution >= 0.6 is 0 Å². The first-order valence-electron chi connectivity index (χ1n) is 5.67. The molecule has 0 saturated carbocycles. The second-order valence-electron chi connectivity index (χ2n) is 5.32. The number of hydrogen-bond donors (Lipinski definition) is 1. The summed E-state index contributed by atoms with van der Waals surface area (Å²) < 4.78 is 5.03. The van der Waals surface area contributed by atoms with E-state index in [0.29, 0.717) is 0 Å². The van der Waals surface area contributed by atoms with Crippen molar-refractivity contribution in [1.29, 1.82) is 0 Å². The van der Waals surface area contributed by atoms with Crippen LogP contribution in [0.2, 0.25) is 0 Å². The summed E-state index contributed by atoms with van der Waals surface area (Å²) in [5.41, 5.74) is -0.661. The zero-order valence-electron chi connectivity index (χ0n) is 11.5. The highest BCUT2D eigenvalue weighted by molar-refractivity contribution is 5.85. The van der Waals surface area contributed by atoms with E-state index < -0.39 is 23.5 Å². The Kier molecular flexibility index (Phi) is 5.81. The van der Waals surface area contributed by atoms with E-state index in [2.05, 4.69) is 0 Å². The summed E-state index contributed by atoms with van der Waals surface area (Å²) in [5, 5.41) is 8.97. The molecule has 0 fully saturated rings. The lowest BCUT2D eigenvalue weighted by molar-refractivity contribution is -0.160. The van der Waals surface area contributed by atoms with Crippen LogP contribution in [0.1, 0.15) is 33.6 Å². The molecular weight excluding hydrogens is 238 g/mol. The maximum absolute atomic E-state index is 11.5. The number of amides is 1. The van der Waals surface area contributed by atoms with Crippen LogP contribution < -0.4 is 0 Å². The van der Waals surface area contributed by atoms with Gasteiger partial charge in [0, 0.05) is 20.5 Å². The van der Waals surface area contributed by atoms with E-state index in [9.17, 15) is 14.4 Å². The predicted octanol–water partition coefficient (Wildman–Crippen LogP) is 0.897. The fraction of sp³-hybridized carbons (Fsp3) is 0.750. The number of esters is 1. The molecule has 0 aliphatic carbocycles. The minimum Gasteiger partial charge on any atom is -0.481 e. The standard InChI is InChI=1S/C12H21NO5/c1-12(2,3)18-10(15)7-8(11(16)17)6-9(14)13(4)5/h8H,6-7H2,1-5H3,(H,16,17)/t8-/m1/s1. The molecule has 0 heterocycles. The molecule has 6 heteroatoms. The molecule has 0 radical (unpaired) electrons. The third-order valence-corrected chi connectivity index (χ3v) is 2.10. The van der Waals surface area contributed by atoms with Gasteiger partial charge in [-0.1, -0.05) is 0 Å². The lowest BCUT2D eigenvalue weighted by atomic mass is 10.0. The number of carboxylic acids is 1. The first-order valence-corrected chi connectivity index (χ1v) is 5.67. The second-order valence-corrected chi connectivity index (χ2v) is 5.32. The van der Waals surface area contributed by atoms with Gasteiger partial charge >= 0.3 is 11.9 Å². The highest BCUT2D eigenvalue weighted by atomic mass is 16.6. The van der Waals surface area contributed by atoms with E-state index in [1.54, 1.807) is 20.8 Å². The Morgan fingerprint density at radius 3 is 2.00 bits per heavy atom. The zero-order chi connectivity index (χ0) is 14.5. The summed E-state index contributed by atoms with van der Waals surface area (Å²) in [5.74, 6) is -3.15. The predicted molar refractivity (Wildman–Crippen MR) is 64.9 cm³/mol. The van der Waals surface area contributed by atoms with E-state index >= 15 is 0 Å². The second kappa shape index (κ2) is 6.37. The van der Waals surface area contributed by atoms with E-state index in [-0.39, 0.29) is 18.7 Å². The largest absolute Gasteiger partial charge is 0.481 e. The van der Waals surface area contributed by atoms with Crippen LogP contribution in [0.25, 0.3) is 0 Å². The lowest BCUT2D eigenvalue weighted by Gasteiger charge is -2.21. The third-order valence-electron chi connectivity index (χ3n) is 2.10. The van der Waals surface area contributed by atoms with Gasteiger partial charge in [0.1, 0.15) is 5.60 Å². The Balaban J connectivity index is 4.51. The SMILES string of the molecule is CN(C)C(=O)C[C@H](CC(=O)OC(C)(C)C)C(=O)O. The maximum Gasteiger partial charge on any atom is 0.307 e. The van der Waals surface area contributed by atoms with Crippen molar-refractivity contribution in [1.82, 2.24) is 4.90 Å². The van der Waals surface area contributed by atoms with Gasteiger partial charge in [-0.15, -0.1) is 0 Å². The number of nitrogens with zero attached hydrogens (tertiary/aromatic N) is 1. The van der Waals surface area contributed by atoms with Crippen molar-refractivity contribution in [2.24, 2.45) is 5.92 Å². The Hall–Kier alpha value is -1.59. The van der Waals surface area contributed by atoms with Gasteiger partial charge in [-0.3, -0.25) is 14.4 Å². The van der Waals surface area contributed by atoms with Crippen LogP contribution in [0, 0.1) is 5.92 Å². The summed E-state index contributed by atoms with van der Waals surface area (Å²) in [6, 6.07) is 0. The smallest absolute Gasteiger partial charge is 0.307 e. The summed E-state index contributed by atoms with van der Waals surface area (Å²) in [7, 11) is 3.07. The highest BCUT2D eigenvalue weighted by Crippen LogP contribution is 2.15. The average Bonchev–Trinajstić information content (AvgIpc) is 2.12. The average molecular weight is 259 g/mol. The highest BCUT2D eigenvalue weighted by Gasteiger charge is 2.27. The lowest BCUT2D eigenvalue weighted by Crippen LogP contribution is -2.31. The molecule has 1 atom stereocenters. The number of carboxylic acid groups (broad SMARTS) is 1. The zero-order valence-corrected chi connectivity index (χ0v) is 11.5. The van der Waals surface area contributed by atoms with Crippen LogP contribution in [0.15, 0.2) is 0 Å². The first kappa shape index (κ1) is 16.4. The number of aliphatic carboxylic acids is 1. The Morgan fingerprint density at radius 1 is 1.17 bits per heavy atom. The van der Waals surface area contributed by atoms with Gasteiger partial charge in [0.05, 0.1) is 12.3 Å². The third kappa shape index (κ3) is 6.88. The molecule has 18 heavy (non-hydrogen) atoms. The molecule has 0 bridgehead atoms. The number of ether oxygens (including phenoxy) is 1. The quantitative estimate of drug-likeness (QED) is 0.741. The number of rotatable bonds is 5. The van der Waals surface area contributed by atoms with Crippen molar-refractivity contribution in [3.8, 4) is 0 Å². The summed E-state index contributed by atoms with van der Waals surface area (Å²) in [6.45, 7) is 5.10. The molecule has 0 saturated heterocycles. The number of carbonyl (C=O) groups is 3. The normalized spacial score (nSPS) is 12.7. The van der Waals surface area contributed by atoms with Crippen molar-refractivity contribution >= 4 is 17.8 Å². The molecule has 0 rings (SSSR count). The minimum atomic E-state index is -1.17. The summed E-state index contributed by atoms with van der Waals surface area (Å²) >= 11 is 0. The van der Waals surface area contributed by atoms with Gasteiger partial charge in [-0.2, -0.15) is 0 Å². The molecule has 0 spiro atoms. The maximum atomic E-state index is 11.5. The van der Waals surface area contributed by atoms with Gasteiger partial charge in [0.25, 0.3) is 0 Å². The van der Waals surface area contributed by atoms with Crippen molar-refractivity contribution in [2.75, 3.05) is 14.1 Å². The number of hydrogen-bond acceptors (Lipinski definition) is 4. The van der Waals surface area contributed by atoms with Crippen LogP contribution in [0.4, 0.5) is 0 Å². The van der Waals surface area contributed by atoms with Gasteiger partial charge in [0.2, 0.25) is 5.91 Å². The molecule has 6 nitrogen and oxygen atoms in total. The van der Waals surface area contributed by atoms with Crippen LogP contribution in [-0.4, -0.2) is 47.5 Å². The monoisotopic (exact) mass is 259 g/mol. The topological polar surface area (TPSA) is 83.9 Å². The van der Waals surface area contributed by atoms with Gasteiger partial charge in [0.15, 0.2) is 0 Å². The molecule has 0 aliphatic rings. The molecule has 1 amide bonds. The van der Waals surface area contributed by atoms with Crippen LogP contribution in [-0.2, 0) is 19.1 Å². The molecule has 0 aromatic rings. The van der Waals surface area contributed by atoms with E-state index in [1.165, 1.54) is 19.0 Å². The molecule has 0 aromatic carbocycles. The van der Waals surface area contributed by atoms with Crippen LogP contribution in [0.3, 0.4) is 0 Å². The van der Waals surface area contributed by atoms with Crippen molar-refractivity contribution in [2.45, 2.75) is 39.2 Å². The Morgan fingerprint density at radius 2 is 1.67 bits per heavy atom. The van der Waals surface area contributed by atoms with Crippen molar-refractivity contribution < 1.29 is 24.2 Å². The van der Waals surface area contributed by atoms with E-state index in [0.717, 1.165) is 0 Å². The van der Waals surface area contributed by atoms with Gasteiger partial charge < -0.3 is 14.7 Å². The Bertz CT molecular complexity index is 330. The Labute approximate surface area is 107 Å². The fourth-order valence-corrected chi connectivity index (χ4v) is 1.22. The van der Waals surface area contributed by atoms with Gasteiger partial charge in [-0.05, 0) is 20.8 Å². The molecule has 0 aliphatic heterocycles. The summed E-state index contributed by atoms with van der Waals surface area (Å²) in [4.78, 5) is 35.2. The summed E-state index contributed by atoms with van der Waals surface area (Å²) in [6.07, 6.45) is -0.506. The molecular formula is C12H21NO5. The van der Waals surface area contributed by atoms with Gasteiger partial charge in [-0.25, -0.2) is 0 Å². The van der Waals surface area contributed by atoms with E-state index in [1.807, 2.05) is 0 Å². The van der Waals surface area contributed by atoms with Crippen LogP contribution in [0.5, 0.6) is 0 Å². The first-order chi connectivity index (χ1) is 8.03. The van der Waals surface area contributed by atoms with Crippen molar-refractivity contribution in [3.05, 3.63) is 0 Å². The van der Waals surface area contributed by atoms with E-state index in [4.69, 9.17) is 9.84 Å². The number of carbonyl (C=O) groups excluding carboxylic acids is 2. The minimum absolute atomic E-state index is 0.207. The van der Waals surface area contributed by atoms with Crippen molar-refractivity contribution in [3.63, 3.8) is 0 Å². The fourth-order valence-electron chi connectivity index (χ4n) is 1.22. The molecule has 0 aromatic heterocycles.